The highest BCUT2D eigenvalue weighted by Gasteiger charge is 2.16. The van der Waals surface area contributed by atoms with E-state index in [-0.39, 0.29) is 5.75 Å². The van der Waals surface area contributed by atoms with Crippen molar-refractivity contribution in [2.24, 2.45) is 0 Å². The van der Waals surface area contributed by atoms with Crippen molar-refractivity contribution in [1.82, 2.24) is 0 Å². The summed E-state index contributed by atoms with van der Waals surface area (Å²) in [5.41, 5.74) is 0.194. The maximum Gasteiger partial charge on any atom is 0.336 e. The molecule has 0 unspecified atom stereocenters. The van der Waals surface area contributed by atoms with E-state index < -0.39 is 5.63 Å². The highest BCUT2D eigenvalue weighted by atomic mass is 16.5. The molecule has 0 radical (unpaired) electrons. The summed E-state index contributed by atoms with van der Waals surface area (Å²) in [4.78, 5) is 11.2. The van der Waals surface area contributed by atoms with Crippen molar-refractivity contribution in [2.75, 3.05) is 7.11 Å². The summed E-state index contributed by atoms with van der Waals surface area (Å²) in [6.45, 7) is 0. The smallest absolute Gasteiger partial charge is 0.336 e. The van der Waals surface area contributed by atoms with Gasteiger partial charge in [-0.25, -0.2) is 4.79 Å². The molecule has 0 atom stereocenters. The average Bonchev–Trinajstić information content (AvgIpc) is 2.68. The van der Waals surface area contributed by atoms with Crippen LogP contribution >= 0.6 is 0 Å². The normalized spacial score (nSPS) is 11.1. The van der Waals surface area contributed by atoms with Crippen molar-refractivity contribution in [3.8, 4) is 11.5 Å². The van der Waals surface area contributed by atoms with Crippen molar-refractivity contribution in [2.45, 2.75) is 0 Å². The predicted molar refractivity (Wildman–Crippen MR) is 60.5 cm³/mol. The number of furan rings is 1. The van der Waals surface area contributed by atoms with Crippen molar-refractivity contribution in [3.63, 3.8) is 0 Å². The van der Waals surface area contributed by atoms with Crippen LogP contribution in [-0.4, -0.2) is 12.2 Å². The van der Waals surface area contributed by atoms with Gasteiger partial charge in [-0.2, -0.15) is 0 Å². The Morgan fingerprint density at radius 3 is 2.88 bits per heavy atom. The quantitative estimate of drug-likeness (QED) is 0.651. The van der Waals surface area contributed by atoms with E-state index >= 15 is 0 Å². The van der Waals surface area contributed by atoms with Crippen LogP contribution in [0.5, 0.6) is 11.5 Å². The molecule has 3 aromatic rings. The summed E-state index contributed by atoms with van der Waals surface area (Å²) in [6.07, 6.45) is 1.21. The second-order valence-corrected chi connectivity index (χ2v) is 3.58. The van der Waals surface area contributed by atoms with E-state index in [0.29, 0.717) is 27.7 Å². The van der Waals surface area contributed by atoms with Gasteiger partial charge in [0.05, 0.1) is 12.5 Å². The lowest BCUT2D eigenvalue weighted by Crippen LogP contribution is -1.96. The van der Waals surface area contributed by atoms with Crippen LogP contribution in [0.1, 0.15) is 0 Å². The Kier molecular flexibility index (Phi) is 1.89. The Balaban J connectivity index is 2.60. The molecule has 2 aromatic heterocycles. The maximum absolute atomic E-state index is 11.2. The molecule has 5 heteroatoms. The third-order valence-corrected chi connectivity index (χ3v) is 2.59. The molecule has 0 aliphatic rings. The average molecular weight is 232 g/mol. The van der Waals surface area contributed by atoms with E-state index in [1.54, 1.807) is 12.1 Å². The number of fused-ring (bicyclic) bond motifs is 2. The van der Waals surface area contributed by atoms with Gasteiger partial charge in [0.2, 0.25) is 5.75 Å². The number of hydrogen-bond acceptors (Lipinski definition) is 5. The fourth-order valence-corrected chi connectivity index (χ4v) is 1.84. The first-order valence-electron chi connectivity index (χ1n) is 4.91. The molecule has 0 amide bonds. The summed E-state index contributed by atoms with van der Waals surface area (Å²) in [5.74, 6) is 0.321. The molecule has 0 saturated carbocycles. The van der Waals surface area contributed by atoms with Crippen LogP contribution in [-0.2, 0) is 0 Å². The van der Waals surface area contributed by atoms with Gasteiger partial charge in [0.15, 0.2) is 16.9 Å². The molecule has 0 aliphatic carbocycles. The minimum Gasteiger partial charge on any atom is -0.504 e. The minimum absolute atomic E-state index is 0.0198. The van der Waals surface area contributed by atoms with Crippen molar-refractivity contribution in [1.29, 1.82) is 0 Å². The number of methoxy groups -OCH3 is 1. The first-order chi connectivity index (χ1) is 8.20. The number of ether oxygens (including phenoxy) is 1. The third-order valence-electron chi connectivity index (χ3n) is 2.59. The zero-order valence-electron chi connectivity index (χ0n) is 8.89. The highest BCUT2D eigenvalue weighted by Crippen LogP contribution is 2.38. The Labute approximate surface area is 94.8 Å². The zero-order chi connectivity index (χ0) is 12.0. The van der Waals surface area contributed by atoms with E-state index in [0.717, 1.165) is 0 Å². The lowest BCUT2D eigenvalue weighted by molar-refractivity contribution is 0.402. The van der Waals surface area contributed by atoms with E-state index in [1.165, 1.54) is 19.4 Å². The molecule has 3 rings (SSSR count). The first kappa shape index (κ1) is 9.77. The number of hydrogen-bond donors (Lipinski definition) is 1. The molecule has 0 aliphatic heterocycles. The van der Waals surface area contributed by atoms with Gasteiger partial charge in [-0.3, -0.25) is 0 Å². The molecule has 1 aromatic carbocycles. The molecule has 0 spiro atoms. The molecule has 0 fully saturated rings. The Morgan fingerprint density at radius 1 is 1.29 bits per heavy atom. The van der Waals surface area contributed by atoms with Gasteiger partial charge in [0.1, 0.15) is 6.26 Å². The Bertz CT molecular complexity index is 765. The Morgan fingerprint density at radius 2 is 2.12 bits per heavy atom. The van der Waals surface area contributed by atoms with E-state index in [2.05, 4.69) is 0 Å². The molecule has 86 valence electrons. The number of rotatable bonds is 1. The predicted octanol–water partition coefficient (Wildman–Crippen LogP) is 2.25. The number of aromatic hydroxyl groups is 1. The summed E-state index contributed by atoms with van der Waals surface area (Å²) in [6, 6.07) is 4.59. The van der Waals surface area contributed by atoms with Gasteiger partial charge >= 0.3 is 5.63 Å². The lowest BCUT2D eigenvalue weighted by atomic mass is 10.1. The van der Waals surface area contributed by atoms with Crippen molar-refractivity contribution >= 4 is 21.9 Å². The molecular weight excluding hydrogens is 224 g/mol. The largest absolute Gasteiger partial charge is 0.504 e. The van der Waals surface area contributed by atoms with E-state index in [1.807, 2.05) is 0 Å². The molecular formula is C12H8O5. The third kappa shape index (κ3) is 1.29. The fraction of sp³-hybridized carbons (Fsp3) is 0.0833. The SMILES string of the molecule is COc1c2oc(=O)ccc2cc2c(O)coc12. The molecule has 0 saturated heterocycles. The fourth-order valence-electron chi connectivity index (χ4n) is 1.84. The summed E-state index contributed by atoms with van der Waals surface area (Å²) >= 11 is 0. The van der Waals surface area contributed by atoms with Crippen molar-refractivity contribution < 1.29 is 18.7 Å². The van der Waals surface area contributed by atoms with Crippen LogP contribution in [0.4, 0.5) is 0 Å². The van der Waals surface area contributed by atoms with Gasteiger partial charge < -0.3 is 18.7 Å². The number of benzene rings is 1. The first-order valence-corrected chi connectivity index (χ1v) is 4.91. The van der Waals surface area contributed by atoms with Crippen LogP contribution in [0.25, 0.3) is 21.9 Å². The van der Waals surface area contributed by atoms with Crippen LogP contribution in [0.2, 0.25) is 0 Å². The molecule has 5 nitrogen and oxygen atoms in total. The lowest BCUT2D eigenvalue weighted by Gasteiger charge is -2.04. The van der Waals surface area contributed by atoms with Crippen LogP contribution < -0.4 is 10.4 Å². The summed E-state index contributed by atoms with van der Waals surface area (Å²) in [5, 5.41) is 10.8. The van der Waals surface area contributed by atoms with Gasteiger partial charge in [0, 0.05) is 11.5 Å². The van der Waals surface area contributed by atoms with Gasteiger partial charge in [-0.05, 0) is 12.1 Å². The second-order valence-electron chi connectivity index (χ2n) is 3.58. The van der Waals surface area contributed by atoms with E-state index in [9.17, 15) is 9.90 Å². The standard InChI is InChI=1S/C12H8O5/c1-15-12-10-6(2-3-9(14)17-10)4-7-8(13)5-16-11(7)12/h2-5,13H,1H3. The minimum atomic E-state index is -0.467. The van der Waals surface area contributed by atoms with Crippen LogP contribution in [0.3, 0.4) is 0 Å². The zero-order valence-corrected chi connectivity index (χ0v) is 8.89. The van der Waals surface area contributed by atoms with Crippen LogP contribution in [0.15, 0.2) is 38.1 Å². The second kappa shape index (κ2) is 3.28. The van der Waals surface area contributed by atoms with Crippen molar-refractivity contribution in [3.05, 3.63) is 34.9 Å². The molecule has 0 bridgehead atoms. The Hall–Kier alpha value is -2.43. The van der Waals surface area contributed by atoms with Gasteiger partial charge in [0.25, 0.3) is 0 Å². The highest BCUT2D eigenvalue weighted by molar-refractivity contribution is 6.02. The summed E-state index contributed by atoms with van der Waals surface area (Å²) in [7, 11) is 1.45. The molecule has 1 N–H and O–H groups in total. The molecule has 17 heavy (non-hydrogen) atoms. The topological polar surface area (TPSA) is 72.8 Å². The van der Waals surface area contributed by atoms with Gasteiger partial charge in [-0.15, -0.1) is 0 Å². The molecule has 2 heterocycles. The van der Waals surface area contributed by atoms with E-state index in [4.69, 9.17) is 13.6 Å². The van der Waals surface area contributed by atoms with Crippen LogP contribution in [0, 0.1) is 0 Å². The maximum atomic E-state index is 11.2. The monoisotopic (exact) mass is 232 g/mol. The summed E-state index contributed by atoms with van der Waals surface area (Å²) < 4.78 is 15.4. The van der Waals surface area contributed by atoms with Gasteiger partial charge in [-0.1, -0.05) is 0 Å².